The molecule has 7 nitrogen and oxygen atoms in total. The Hall–Kier alpha value is -2.61. The molecular formula is C18H22N6OS. The van der Waals surface area contributed by atoms with Crippen LogP contribution in [0, 0.1) is 6.92 Å². The summed E-state index contributed by atoms with van der Waals surface area (Å²) in [6.07, 6.45) is 1.68. The van der Waals surface area contributed by atoms with E-state index in [1.807, 2.05) is 43.5 Å². The number of rotatable bonds is 7. The van der Waals surface area contributed by atoms with Gasteiger partial charge in [0.25, 0.3) is 0 Å². The highest BCUT2D eigenvalue weighted by molar-refractivity contribution is 7.99. The van der Waals surface area contributed by atoms with Crippen molar-refractivity contribution in [2.45, 2.75) is 38.5 Å². The Morgan fingerprint density at radius 2 is 1.96 bits per heavy atom. The number of hydrogen-bond acceptors (Lipinski definition) is 5. The number of carbonyl (C=O) groups is 1. The maximum Gasteiger partial charge on any atom is 0.235 e. The number of thioether (sulfide) groups is 1. The largest absolute Gasteiger partial charge is 0.310 e. The fourth-order valence-electron chi connectivity index (χ4n) is 2.55. The van der Waals surface area contributed by atoms with E-state index < -0.39 is 0 Å². The summed E-state index contributed by atoms with van der Waals surface area (Å²) in [5.74, 6) is 1.70. The summed E-state index contributed by atoms with van der Waals surface area (Å²) in [6.45, 7) is 6.64. The van der Waals surface area contributed by atoms with Gasteiger partial charge in [0.05, 0.1) is 18.5 Å². The lowest BCUT2D eigenvalue weighted by Crippen LogP contribution is -2.18. The van der Waals surface area contributed by atoms with Crippen LogP contribution >= 0.6 is 11.8 Å². The van der Waals surface area contributed by atoms with Gasteiger partial charge in [0.1, 0.15) is 11.6 Å². The van der Waals surface area contributed by atoms with E-state index in [0.29, 0.717) is 12.4 Å². The molecule has 136 valence electrons. The number of aryl methyl sites for hydroxylation is 1. The summed E-state index contributed by atoms with van der Waals surface area (Å²) in [5.41, 5.74) is 1.17. The van der Waals surface area contributed by atoms with Crippen LogP contribution in [0.4, 0.5) is 5.82 Å². The lowest BCUT2D eigenvalue weighted by Gasteiger charge is -2.12. The van der Waals surface area contributed by atoms with Crippen molar-refractivity contribution in [2.75, 3.05) is 11.1 Å². The number of hydrogen-bond donors (Lipinski definition) is 1. The molecule has 2 aromatic heterocycles. The third kappa shape index (κ3) is 4.32. The molecule has 1 aromatic carbocycles. The number of benzene rings is 1. The zero-order valence-electron chi connectivity index (χ0n) is 15.1. The SMILES string of the molecule is Cc1nnc(SCC(=O)Nc2ccnn2C(C)C)n1Cc1ccccc1. The quantitative estimate of drug-likeness (QED) is 0.647. The molecule has 0 saturated carbocycles. The lowest BCUT2D eigenvalue weighted by molar-refractivity contribution is -0.113. The van der Waals surface area contributed by atoms with Gasteiger partial charge in [-0.2, -0.15) is 5.10 Å². The van der Waals surface area contributed by atoms with Crippen LogP contribution < -0.4 is 5.32 Å². The molecule has 0 aliphatic heterocycles. The summed E-state index contributed by atoms with van der Waals surface area (Å²) in [7, 11) is 0. The van der Waals surface area contributed by atoms with Crippen LogP contribution in [-0.4, -0.2) is 36.2 Å². The van der Waals surface area contributed by atoms with Crippen molar-refractivity contribution in [3.05, 3.63) is 54.0 Å². The molecule has 3 rings (SSSR count). The topological polar surface area (TPSA) is 77.6 Å². The van der Waals surface area contributed by atoms with Crippen LogP contribution in [0.5, 0.6) is 0 Å². The first-order valence-electron chi connectivity index (χ1n) is 8.44. The third-order valence-electron chi connectivity index (χ3n) is 3.84. The van der Waals surface area contributed by atoms with Crippen molar-refractivity contribution in [3.63, 3.8) is 0 Å². The molecule has 0 saturated heterocycles. The molecule has 2 heterocycles. The highest BCUT2D eigenvalue weighted by Crippen LogP contribution is 2.19. The van der Waals surface area contributed by atoms with Gasteiger partial charge in [-0.3, -0.25) is 4.79 Å². The Labute approximate surface area is 156 Å². The van der Waals surface area contributed by atoms with Crippen LogP contribution in [0.25, 0.3) is 0 Å². The van der Waals surface area contributed by atoms with E-state index in [9.17, 15) is 4.79 Å². The maximum atomic E-state index is 12.3. The summed E-state index contributed by atoms with van der Waals surface area (Å²) in [5, 5.41) is 16.2. The van der Waals surface area contributed by atoms with E-state index in [2.05, 4.69) is 32.7 Å². The smallest absolute Gasteiger partial charge is 0.235 e. The van der Waals surface area contributed by atoms with Crippen molar-refractivity contribution in [1.29, 1.82) is 0 Å². The van der Waals surface area contributed by atoms with Gasteiger partial charge in [0.2, 0.25) is 5.91 Å². The Bertz CT molecular complexity index is 871. The van der Waals surface area contributed by atoms with E-state index in [-0.39, 0.29) is 17.7 Å². The molecule has 8 heteroatoms. The highest BCUT2D eigenvalue weighted by Gasteiger charge is 2.14. The molecule has 0 radical (unpaired) electrons. The summed E-state index contributed by atoms with van der Waals surface area (Å²) in [4.78, 5) is 12.3. The van der Waals surface area contributed by atoms with Crippen LogP contribution in [-0.2, 0) is 11.3 Å². The molecule has 0 aliphatic rings. The molecule has 26 heavy (non-hydrogen) atoms. The molecular weight excluding hydrogens is 348 g/mol. The van der Waals surface area contributed by atoms with Crippen LogP contribution in [0.1, 0.15) is 31.3 Å². The van der Waals surface area contributed by atoms with Crippen molar-refractivity contribution < 1.29 is 4.79 Å². The van der Waals surface area contributed by atoms with Gasteiger partial charge in [0.15, 0.2) is 5.16 Å². The maximum absolute atomic E-state index is 12.3. The normalized spacial score (nSPS) is 11.1. The van der Waals surface area contributed by atoms with Gasteiger partial charge in [0, 0.05) is 12.1 Å². The molecule has 1 amide bonds. The molecule has 0 aliphatic carbocycles. The van der Waals surface area contributed by atoms with Gasteiger partial charge < -0.3 is 9.88 Å². The van der Waals surface area contributed by atoms with Crippen molar-refractivity contribution in [1.82, 2.24) is 24.5 Å². The van der Waals surface area contributed by atoms with Gasteiger partial charge in [-0.25, -0.2) is 4.68 Å². The molecule has 0 unspecified atom stereocenters. The second kappa shape index (κ2) is 8.18. The second-order valence-electron chi connectivity index (χ2n) is 6.19. The summed E-state index contributed by atoms with van der Waals surface area (Å²) in [6, 6.07) is 12.1. The molecule has 3 aromatic rings. The highest BCUT2D eigenvalue weighted by atomic mass is 32.2. The number of nitrogens with one attached hydrogen (secondary N) is 1. The van der Waals surface area contributed by atoms with Gasteiger partial charge in [-0.1, -0.05) is 42.1 Å². The number of anilines is 1. The van der Waals surface area contributed by atoms with Crippen molar-refractivity contribution in [2.24, 2.45) is 0 Å². The first-order valence-corrected chi connectivity index (χ1v) is 9.43. The minimum Gasteiger partial charge on any atom is -0.310 e. The second-order valence-corrected chi connectivity index (χ2v) is 7.14. The van der Waals surface area contributed by atoms with Crippen molar-refractivity contribution in [3.8, 4) is 0 Å². The zero-order valence-corrected chi connectivity index (χ0v) is 15.9. The fourth-order valence-corrected chi connectivity index (χ4v) is 3.33. The number of aromatic nitrogens is 5. The Morgan fingerprint density at radius 1 is 1.19 bits per heavy atom. The predicted molar refractivity (Wildman–Crippen MR) is 102 cm³/mol. The van der Waals surface area contributed by atoms with Crippen molar-refractivity contribution >= 4 is 23.5 Å². The van der Waals surface area contributed by atoms with E-state index in [1.54, 1.807) is 16.9 Å². The number of amides is 1. The number of carbonyl (C=O) groups excluding carboxylic acids is 1. The van der Waals surface area contributed by atoms with Crippen LogP contribution in [0.2, 0.25) is 0 Å². The Morgan fingerprint density at radius 3 is 2.69 bits per heavy atom. The minimum atomic E-state index is -0.0932. The number of nitrogens with zero attached hydrogens (tertiary/aromatic N) is 5. The average Bonchev–Trinajstić information content (AvgIpc) is 3.22. The molecule has 0 atom stereocenters. The van der Waals surface area contributed by atoms with E-state index in [0.717, 1.165) is 11.0 Å². The third-order valence-corrected chi connectivity index (χ3v) is 4.81. The lowest BCUT2D eigenvalue weighted by atomic mass is 10.2. The first kappa shape index (κ1) is 18.2. The molecule has 0 spiro atoms. The molecule has 0 bridgehead atoms. The van der Waals surface area contributed by atoms with E-state index >= 15 is 0 Å². The molecule has 0 fully saturated rings. The first-order chi connectivity index (χ1) is 12.5. The average molecular weight is 370 g/mol. The zero-order chi connectivity index (χ0) is 18.5. The monoisotopic (exact) mass is 370 g/mol. The van der Waals surface area contributed by atoms with Gasteiger partial charge in [-0.15, -0.1) is 10.2 Å². The van der Waals surface area contributed by atoms with E-state index in [1.165, 1.54) is 17.3 Å². The minimum absolute atomic E-state index is 0.0932. The van der Waals surface area contributed by atoms with Gasteiger partial charge in [-0.05, 0) is 26.3 Å². The standard InChI is InChI=1S/C18H22N6OS/c1-13(2)24-16(9-10-19-24)20-17(25)12-26-18-22-21-14(3)23(18)11-15-7-5-4-6-8-15/h4-10,13H,11-12H2,1-3H3,(H,20,25). The van der Waals surface area contributed by atoms with E-state index in [4.69, 9.17) is 0 Å². The Kier molecular flexibility index (Phi) is 5.72. The summed E-state index contributed by atoms with van der Waals surface area (Å²) >= 11 is 1.38. The van der Waals surface area contributed by atoms with Crippen LogP contribution in [0.15, 0.2) is 47.8 Å². The predicted octanol–water partition coefficient (Wildman–Crippen LogP) is 3.14. The molecule has 1 N–H and O–H groups in total. The van der Waals surface area contributed by atoms with Crippen LogP contribution in [0.3, 0.4) is 0 Å². The summed E-state index contributed by atoms with van der Waals surface area (Å²) < 4.78 is 3.80. The fraction of sp³-hybridized carbons (Fsp3) is 0.333. The Balaban J connectivity index is 1.63. The van der Waals surface area contributed by atoms with Gasteiger partial charge >= 0.3 is 0 Å².